The lowest BCUT2D eigenvalue weighted by atomic mass is 9.88. The summed E-state index contributed by atoms with van der Waals surface area (Å²) >= 11 is 0. The molecule has 0 unspecified atom stereocenters. The fourth-order valence-corrected chi connectivity index (χ4v) is 3.79. The second-order valence-electron chi connectivity index (χ2n) is 8.08. The number of carbonyl (C=O) groups is 2. The Morgan fingerprint density at radius 1 is 1.00 bits per heavy atom. The molecule has 1 aromatic heterocycles. The van der Waals surface area contributed by atoms with Gasteiger partial charge in [0.25, 0.3) is 5.91 Å². The van der Waals surface area contributed by atoms with E-state index < -0.39 is 11.7 Å². The molecule has 2 amide bonds. The SMILES string of the molecule is C=CN=CN=C1CC=C(c2ccc(C(=O)Nc3ccccn3)c(F)c2)C=C1c1cccc(NC(=O)C=C)c1. The minimum absolute atomic E-state index is 0.0893. The number of anilines is 2. The number of allylic oxidation sites excluding steroid dienone is 4. The fraction of sp³-hybridized carbons (Fsp3) is 0.0333. The minimum Gasteiger partial charge on any atom is -0.323 e. The van der Waals surface area contributed by atoms with Gasteiger partial charge in [-0.05, 0) is 65.3 Å². The van der Waals surface area contributed by atoms with Crippen molar-refractivity contribution in [2.75, 3.05) is 10.6 Å². The second-order valence-corrected chi connectivity index (χ2v) is 8.08. The van der Waals surface area contributed by atoms with Crippen molar-refractivity contribution in [3.63, 3.8) is 0 Å². The largest absolute Gasteiger partial charge is 0.323 e. The Hall–Kier alpha value is -5.24. The number of amides is 2. The van der Waals surface area contributed by atoms with Gasteiger partial charge in [-0.2, -0.15) is 0 Å². The Morgan fingerprint density at radius 2 is 1.87 bits per heavy atom. The Kier molecular flexibility index (Phi) is 8.25. The average Bonchev–Trinajstić information content (AvgIpc) is 2.93. The molecule has 3 aromatic rings. The monoisotopic (exact) mass is 505 g/mol. The van der Waals surface area contributed by atoms with Crippen molar-refractivity contribution >= 4 is 46.5 Å². The number of aromatic nitrogens is 1. The smallest absolute Gasteiger partial charge is 0.259 e. The number of nitrogens with zero attached hydrogens (tertiary/aromatic N) is 3. The van der Waals surface area contributed by atoms with Crippen LogP contribution in [0.4, 0.5) is 15.9 Å². The van der Waals surface area contributed by atoms with Crippen LogP contribution in [0.25, 0.3) is 11.1 Å². The van der Waals surface area contributed by atoms with Gasteiger partial charge in [-0.1, -0.05) is 43.5 Å². The van der Waals surface area contributed by atoms with Crippen LogP contribution in [-0.4, -0.2) is 28.8 Å². The number of benzene rings is 2. The van der Waals surface area contributed by atoms with Crippen molar-refractivity contribution in [3.05, 3.63) is 127 Å². The number of hydrogen-bond donors (Lipinski definition) is 2. The van der Waals surface area contributed by atoms with E-state index in [-0.39, 0.29) is 11.5 Å². The van der Waals surface area contributed by atoms with Crippen molar-refractivity contribution < 1.29 is 14.0 Å². The van der Waals surface area contributed by atoms with Gasteiger partial charge in [0.15, 0.2) is 0 Å². The standard InChI is InChI=1S/C30H24FN5O2/c1-3-29(37)35-23-9-7-8-22(16-23)25-17-20(12-14-27(25)34-19-32-4-2)21-11-13-24(26(31)18-21)30(38)36-28-10-5-6-15-33-28/h3-13,15-19H,1-2,14H2,(H,35,37)(H,33,36,38). The average molecular weight is 506 g/mol. The van der Waals surface area contributed by atoms with E-state index in [1.54, 1.807) is 36.5 Å². The topological polar surface area (TPSA) is 95.8 Å². The summed E-state index contributed by atoms with van der Waals surface area (Å²) in [6.07, 6.45) is 9.80. The van der Waals surface area contributed by atoms with E-state index in [1.807, 2.05) is 30.4 Å². The van der Waals surface area contributed by atoms with Crippen molar-refractivity contribution in [2.45, 2.75) is 6.42 Å². The maximum Gasteiger partial charge on any atom is 0.259 e. The van der Waals surface area contributed by atoms with Crippen molar-refractivity contribution in [3.8, 4) is 0 Å². The number of rotatable bonds is 8. The summed E-state index contributed by atoms with van der Waals surface area (Å²) in [6, 6.07) is 16.8. The van der Waals surface area contributed by atoms with Crippen LogP contribution in [0, 0.1) is 5.82 Å². The minimum atomic E-state index is -0.654. The molecule has 1 aliphatic rings. The van der Waals surface area contributed by atoms with Crippen molar-refractivity contribution in [1.82, 2.24) is 4.98 Å². The van der Waals surface area contributed by atoms with Crippen LogP contribution in [0.15, 0.2) is 114 Å². The third kappa shape index (κ3) is 6.30. The number of aliphatic imine (C=N–C) groups is 2. The van der Waals surface area contributed by atoms with Gasteiger partial charge < -0.3 is 10.6 Å². The summed E-state index contributed by atoms with van der Waals surface area (Å²) in [6.45, 7) is 7.04. The number of carbonyl (C=O) groups excluding carboxylic acids is 2. The molecule has 0 atom stereocenters. The van der Waals surface area contributed by atoms with Gasteiger partial charge in [-0.3, -0.25) is 9.59 Å². The van der Waals surface area contributed by atoms with E-state index in [4.69, 9.17) is 0 Å². The summed E-state index contributed by atoms with van der Waals surface area (Å²) in [5, 5.41) is 5.34. The van der Waals surface area contributed by atoms with Crippen LogP contribution < -0.4 is 10.6 Å². The van der Waals surface area contributed by atoms with Crippen LogP contribution in [0.5, 0.6) is 0 Å². The molecule has 0 fully saturated rings. The van der Waals surface area contributed by atoms with Crippen molar-refractivity contribution in [1.29, 1.82) is 0 Å². The lowest BCUT2D eigenvalue weighted by molar-refractivity contribution is -0.111. The first-order valence-electron chi connectivity index (χ1n) is 11.7. The zero-order valence-corrected chi connectivity index (χ0v) is 20.4. The van der Waals surface area contributed by atoms with Crippen LogP contribution in [-0.2, 0) is 4.79 Å². The Morgan fingerprint density at radius 3 is 2.61 bits per heavy atom. The first kappa shape index (κ1) is 25.8. The predicted molar refractivity (Wildman–Crippen MR) is 151 cm³/mol. The highest BCUT2D eigenvalue weighted by atomic mass is 19.1. The molecule has 0 bridgehead atoms. The van der Waals surface area contributed by atoms with Crippen LogP contribution in [0.1, 0.15) is 27.9 Å². The highest BCUT2D eigenvalue weighted by molar-refractivity contribution is 6.29. The van der Waals surface area contributed by atoms with Crippen molar-refractivity contribution in [2.24, 2.45) is 9.98 Å². The van der Waals surface area contributed by atoms with E-state index in [1.165, 1.54) is 30.7 Å². The highest BCUT2D eigenvalue weighted by Crippen LogP contribution is 2.31. The molecule has 0 saturated heterocycles. The Balaban J connectivity index is 1.66. The van der Waals surface area contributed by atoms with Gasteiger partial charge in [-0.25, -0.2) is 19.4 Å². The van der Waals surface area contributed by atoms with Crippen LogP contribution in [0.3, 0.4) is 0 Å². The maximum absolute atomic E-state index is 15.0. The number of hydrogen-bond acceptors (Lipinski definition) is 4. The van der Waals surface area contributed by atoms with E-state index in [0.717, 1.165) is 22.4 Å². The van der Waals surface area contributed by atoms with E-state index >= 15 is 4.39 Å². The van der Waals surface area contributed by atoms with Crippen LogP contribution >= 0.6 is 0 Å². The van der Waals surface area contributed by atoms with E-state index in [0.29, 0.717) is 23.5 Å². The predicted octanol–water partition coefficient (Wildman–Crippen LogP) is 6.08. The van der Waals surface area contributed by atoms with Gasteiger partial charge in [-0.15, -0.1) is 0 Å². The Labute approximate surface area is 219 Å². The van der Waals surface area contributed by atoms with Crippen LogP contribution in [0.2, 0.25) is 0 Å². The first-order valence-corrected chi connectivity index (χ1v) is 11.7. The molecule has 188 valence electrons. The molecule has 8 heteroatoms. The fourth-order valence-electron chi connectivity index (χ4n) is 3.79. The molecular weight excluding hydrogens is 481 g/mol. The molecule has 0 radical (unpaired) electrons. The van der Waals surface area contributed by atoms with Gasteiger partial charge in [0.1, 0.15) is 18.0 Å². The molecule has 1 heterocycles. The summed E-state index contributed by atoms with van der Waals surface area (Å²) in [5.74, 6) is -1.23. The third-order valence-electron chi connectivity index (χ3n) is 5.59. The van der Waals surface area contributed by atoms with Gasteiger partial charge in [0, 0.05) is 30.1 Å². The molecule has 0 aliphatic heterocycles. The molecule has 38 heavy (non-hydrogen) atoms. The number of nitrogens with one attached hydrogen (secondary N) is 2. The lowest BCUT2D eigenvalue weighted by Crippen LogP contribution is -2.14. The molecule has 0 saturated carbocycles. The molecular formula is C30H24FN5O2. The molecule has 7 nitrogen and oxygen atoms in total. The van der Waals surface area contributed by atoms with Gasteiger partial charge in [0.2, 0.25) is 5.91 Å². The zero-order chi connectivity index (χ0) is 26.9. The molecule has 1 aliphatic carbocycles. The maximum atomic E-state index is 15.0. The molecule has 2 aromatic carbocycles. The quantitative estimate of drug-likeness (QED) is 0.221. The molecule has 2 N–H and O–H groups in total. The van der Waals surface area contributed by atoms with E-state index in [9.17, 15) is 9.59 Å². The summed E-state index contributed by atoms with van der Waals surface area (Å²) in [4.78, 5) is 36.8. The number of pyridine rings is 1. The van der Waals surface area contributed by atoms with E-state index in [2.05, 4.69) is 38.8 Å². The third-order valence-corrected chi connectivity index (χ3v) is 5.59. The Bertz CT molecular complexity index is 1520. The second kappa shape index (κ2) is 12.1. The zero-order valence-electron chi connectivity index (χ0n) is 20.4. The normalized spacial score (nSPS) is 14.0. The summed E-state index contributed by atoms with van der Waals surface area (Å²) in [7, 11) is 0. The number of halogens is 1. The lowest BCUT2D eigenvalue weighted by Gasteiger charge is -2.18. The first-order chi connectivity index (χ1) is 18.5. The highest BCUT2D eigenvalue weighted by Gasteiger charge is 2.18. The summed E-state index contributed by atoms with van der Waals surface area (Å²) < 4.78 is 15.0. The van der Waals surface area contributed by atoms with Gasteiger partial charge >= 0.3 is 0 Å². The molecule has 4 rings (SSSR count). The summed E-state index contributed by atoms with van der Waals surface area (Å²) in [5.41, 5.74) is 4.19. The van der Waals surface area contributed by atoms with Gasteiger partial charge in [0.05, 0.1) is 11.3 Å². The molecule has 0 spiro atoms.